The van der Waals surface area contributed by atoms with Crippen LogP contribution in [0.1, 0.15) is 37.8 Å². The van der Waals surface area contributed by atoms with E-state index in [1.165, 1.54) is 39.8 Å². The summed E-state index contributed by atoms with van der Waals surface area (Å²) in [7, 11) is 0. The van der Waals surface area contributed by atoms with Crippen molar-refractivity contribution in [2.75, 3.05) is 6.61 Å². The van der Waals surface area contributed by atoms with Gasteiger partial charge in [-0.1, -0.05) is 98.3 Å². The van der Waals surface area contributed by atoms with Gasteiger partial charge in [0, 0.05) is 6.61 Å². The van der Waals surface area contributed by atoms with E-state index in [1.807, 2.05) is 6.92 Å². The van der Waals surface area contributed by atoms with E-state index in [9.17, 15) is 0 Å². The highest BCUT2D eigenvalue weighted by Crippen LogP contribution is 2.25. The summed E-state index contributed by atoms with van der Waals surface area (Å²) in [6.45, 7) is 5.76. The Morgan fingerprint density at radius 1 is 0.704 bits per heavy atom. The predicted molar refractivity (Wildman–Crippen MR) is 117 cm³/mol. The molecular formula is C26H28O. The fourth-order valence-corrected chi connectivity index (χ4v) is 3.06. The van der Waals surface area contributed by atoms with E-state index < -0.39 is 0 Å². The number of hydrogen-bond acceptors (Lipinski definition) is 1. The highest BCUT2D eigenvalue weighted by atomic mass is 16.5. The molecule has 0 heterocycles. The zero-order valence-electron chi connectivity index (χ0n) is 16.3. The smallest absolute Gasteiger partial charge is 0.0716 e. The van der Waals surface area contributed by atoms with Crippen LogP contribution in [-0.4, -0.2) is 6.61 Å². The Bertz CT molecular complexity index is 840. The Morgan fingerprint density at radius 2 is 1.19 bits per heavy atom. The molecular weight excluding hydrogens is 328 g/mol. The van der Waals surface area contributed by atoms with Gasteiger partial charge in [0.15, 0.2) is 0 Å². The van der Waals surface area contributed by atoms with Crippen LogP contribution >= 0.6 is 0 Å². The molecule has 0 bridgehead atoms. The summed E-state index contributed by atoms with van der Waals surface area (Å²) in [4.78, 5) is 0. The number of hydrogen-bond donors (Lipinski definition) is 0. The zero-order valence-corrected chi connectivity index (χ0v) is 16.3. The normalized spacial score (nSPS) is 11.2. The van der Waals surface area contributed by atoms with Crippen molar-refractivity contribution >= 4 is 6.08 Å². The first-order valence-corrected chi connectivity index (χ1v) is 9.80. The molecule has 0 saturated carbocycles. The van der Waals surface area contributed by atoms with Crippen LogP contribution < -0.4 is 0 Å². The third kappa shape index (κ3) is 5.42. The van der Waals surface area contributed by atoms with Gasteiger partial charge in [-0.3, -0.25) is 0 Å². The van der Waals surface area contributed by atoms with Gasteiger partial charge >= 0.3 is 0 Å². The molecule has 3 aromatic carbocycles. The summed E-state index contributed by atoms with van der Waals surface area (Å²) in [5.74, 6) is 0. The van der Waals surface area contributed by atoms with E-state index in [4.69, 9.17) is 4.74 Å². The quantitative estimate of drug-likeness (QED) is 0.383. The van der Waals surface area contributed by atoms with E-state index >= 15 is 0 Å². The second kappa shape index (κ2) is 9.89. The number of benzene rings is 3. The average Bonchev–Trinajstić information content (AvgIpc) is 2.73. The minimum atomic E-state index is 0.697. The molecule has 0 aliphatic heterocycles. The first-order valence-electron chi connectivity index (χ1n) is 9.80. The number of unbranched alkanes of at least 4 members (excludes halogenated alkanes) is 1. The summed E-state index contributed by atoms with van der Waals surface area (Å²) in [6, 6.07) is 26.1. The van der Waals surface area contributed by atoms with Crippen molar-refractivity contribution in [2.45, 2.75) is 33.3 Å². The van der Waals surface area contributed by atoms with E-state index in [1.54, 1.807) is 0 Å². The number of ether oxygens (including phenoxy) is 1. The standard InChI is InChI=1S/C26H28O/c1-3-5-19-27-20-22-9-13-24(14-10-22)26-17-15-25(16-18-26)23-11-7-21(6-4-2)8-12-23/h4,6-18H,3,5,19-20H2,1-2H3/b6-4-. The fraction of sp³-hybridized carbons (Fsp3) is 0.231. The van der Waals surface area contributed by atoms with E-state index in [-0.39, 0.29) is 0 Å². The van der Waals surface area contributed by atoms with Crippen LogP contribution in [0.3, 0.4) is 0 Å². The van der Waals surface area contributed by atoms with Gasteiger partial charge in [0.25, 0.3) is 0 Å². The lowest BCUT2D eigenvalue weighted by atomic mass is 9.99. The summed E-state index contributed by atoms with van der Waals surface area (Å²) in [6.07, 6.45) is 6.48. The molecule has 1 nitrogen and oxygen atoms in total. The monoisotopic (exact) mass is 356 g/mol. The first-order chi connectivity index (χ1) is 13.3. The molecule has 0 radical (unpaired) electrons. The minimum absolute atomic E-state index is 0.697. The van der Waals surface area contributed by atoms with E-state index in [0.29, 0.717) is 6.61 Å². The molecule has 0 N–H and O–H groups in total. The third-order valence-corrected chi connectivity index (χ3v) is 4.69. The van der Waals surface area contributed by atoms with Crippen LogP contribution in [0, 0.1) is 0 Å². The van der Waals surface area contributed by atoms with Crippen LogP contribution in [-0.2, 0) is 11.3 Å². The van der Waals surface area contributed by atoms with Gasteiger partial charge in [0.2, 0.25) is 0 Å². The van der Waals surface area contributed by atoms with Gasteiger partial charge in [-0.25, -0.2) is 0 Å². The van der Waals surface area contributed by atoms with Gasteiger partial charge in [0.1, 0.15) is 0 Å². The number of allylic oxidation sites excluding steroid dienone is 1. The summed E-state index contributed by atoms with van der Waals surface area (Å²) in [5, 5.41) is 0. The van der Waals surface area contributed by atoms with Crippen LogP contribution in [0.4, 0.5) is 0 Å². The second-order valence-corrected chi connectivity index (χ2v) is 6.80. The van der Waals surface area contributed by atoms with Crippen LogP contribution in [0.15, 0.2) is 78.9 Å². The largest absolute Gasteiger partial charge is 0.377 e. The maximum Gasteiger partial charge on any atom is 0.0716 e. The summed E-state index contributed by atoms with van der Waals surface area (Å²) in [5.41, 5.74) is 7.43. The van der Waals surface area contributed by atoms with Crippen LogP contribution in [0.5, 0.6) is 0 Å². The Kier molecular flexibility index (Phi) is 7.01. The summed E-state index contributed by atoms with van der Waals surface area (Å²) >= 11 is 0. The Morgan fingerprint density at radius 3 is 1.67 bits per heavy atom. The minimum Gasteiger partial charge on any atom is -0.377 e. The van der Waals surface area contributed by atoms with Crippen molar-refractivity contribution in [3.63, 3.8) is 0 Å². The maximum atomic E-state index is 5.69. The van der Waals surface area contributed by atoms with Crippen molar-refractivity contribution in [3.8, 4) is 22.3 Å². The van der Waals surface area contributed by atoms with E-state index in [0.717, 1.165) is 13.0 Å². The SMILES string of the molecule is C/C=C\c1ccc(-c2ccc(-c3ccc(COCCCC)cc3)cc2)cc1. The lowest BCUT2D eigenvalue weighted by molar-refractivity contribution is 0.118. The molecule has 0 atom stereocenters. The third-order valence-electron chi connectivity index (χ3n) is 4.69. The summed E-state index contributed by atoms with van der Waals surface area (Å²) < 4.78 is 5.69. The Hall–Kier alpha value is -2.64. The molecule has 0 amide bonds. The van der Waals surface area contributed by atoms with Gasteiger partial charge in [-0.15, -0.1) is 0 Å². The molecule has 1 heteroatoms. The lowest BCUT2D eigenvalue weighted by Crippen LogP contribution is -1.94. The first kappa shape index (κ1) is 19.1. The molecule has 0 aliphatic carbocycles. The molecule has 0 fully saturated rings. The maximum absolute atomic E-state index is 5.69. The van der Waals surface area contributed by atoms with Crippen molar-refractivity contribution in [2.24, 2.45) is 0 Å². The molecule has 0 unspecified atom stereocenters. The molecule has 0 saturated heterocycles. The molecule has 0 aliphatic rings. The molecule has 0 aromatic heterocycles. The fourth-order valence-electron chi connectivity index (χ4n) is 3.06. The Balaban J connectivity index is 1.66. The molecule has 138 valence electrons. The molecule has 3 rings (SSSR count). The lowest BCUT2D eigenvalue weighted by Gasteiger charge is -2.07. The van der Waals surface area contributed by atoms with Gasteiger partial charge < -0.3 is 4.74 Å². The second-order valence-electron chi connectivity index (χ2n) is 6.80. The topological polar surface area (TPSA) is 9.23 Å². The average molecular weight is 357 g/mol. The molecule has 27 heavy (non-hydrogen) atoms. The van der Waals surface area contributed by atoms with E-state index in [2.05, 4.69) is 91.9 Å². The Labute approximate surface area is 163 Å². The van der Waals surface area contributed by atoms with Gasteiger partial charge in [0.05, 0.1) is 6.61 Å². The van der Waals surface area contributed by atoms with Crippen molar-refractivity contribution in [3.05, 3.63) is 90.0 Å². The highest BCUT2D eigenvalue weighted by Gasteiger charge is 2.01. The highest BCUT2D eigenvalue weighted by molar-refractivity contribution is 5.71. The van der Waals surface area contributed by atoms with Crippen molar-refractivity contribution < 1.29 is 4.74 Å². The van der Waals surface area contributed by atoms with Gasteiger partial charge in [-0.2, -0.15) is 0 Å². The van der Waals surface area contributed by atoms with Crippen molar-refractivity contribution in [1.82, 2.24) is 0 Å². The zero-order chi connectivity index (χ0) is 18.9. The van der Waals surface area contributed by atoms with Gasteiger partial charge in [-0.05, 0) is 46.7 Å². The molecule has 3 aromatic rings. The number of rotatable bonds is 8. The predicted octanol–water partition coefficient (Wildman–Crippen LogP) is 7.37. The molecule has 0 spiro atoms. The van der Waals surface area contributed by atoms with Crippen LogP contribution in [0.2, 0.25) is 0 Å². The van der Waals surface area contributed by atoms with Crippen LogP contribution in [0.25, 0.3) is 28.3 Å². The van der Waals surface area contributed by atoms with Crippen molar-refractivity contribution in [1.29, 1.82) is 0 Å².